The van der Waals surface area contributed by atoms with Crippen molar-refractivity contribution in [3.63, 3.8) is 0 Å². The molecule has 0 bridgehead atoms. The minimum Gasteiger partial charge on any atom is -0.376 e. The van der Waals surface area contributed by atoms with Crippen molar-refractivity contribution < 1.29 is 9.53 Å². The Balaban J connectivity index is 1.51. The van der Waals surface area contributed by atoms with Gasteiger partial charge in [0.1, 0.15) is 11.9 Å². The fourth-order valence-corrected chi connectivity index (χ4v) is 4.97. The quantitative estimate of drug-likeness (QED) is 0.514. The first kappa shape index (κ1) is 23.1. The molecule has 3 aromatic rings. The maximum absolute atomic E-state index is 12.9. The summed E-state index contributed by atoms with van der Waals surface area (Å²) < 4.78 is 9.82. The molecular formula is C25H29N5O2S. The van der Waals surface area contributed by atoms with E-state index in [9.17, 15) is 10.1 Å². The Morgan fingerprint density at radius 3 is 2.88 bits per heavy atom. The standard InChI is InChI=1S/C25H29N5O2S/c1-16-7-8-17(2)22(12-16)29-10-9-27-25(29)33-15-23(31)28-24-21(13-26)18(3)19(4)30(24)14-20-6-5-11-32-20/h7-10,12,20H,5-6,11,14-15H2,1-4H3,(H,28,31)/t20-/m0/s1. The normalized spacial score (nSPS) is 15.5. The van der Waals surface area contributed by atoms with Gasteiger partial charge in [-0.15, -0.1) is 0 Å². The molecule has 33 heavy (non-hydrogen) atoms. The highest BCUT2D eigenvalue weighted by molar-refractivity contribution is 7.99. The van der Waals surface area contributed by atoms with Crippen molar-refractivity contribution in [2.75, 3.05) is 17.7 Å². The van der Waals surface area contributed by atoms with Gasteiger partial charge in [0.25, 0.3) is 0 Å². The number of thioether (sulfide) groups is 1. The van der Waals surface area contributed by atoms with Gasteiger partial charge in [0.2, 0.25) is 5.91 Å². The molecular weight excluding hydrogens is 434 g/mol. The van der Waals surface area contributed by atoms with Crippen LogP contribution in [0.3, 0.4) is 0 Å². The lowest BCUT2D eigenvalue weighted by molar-refractivity contribution is -0.113. The second kappa shape index (κ2) is 9.86. The zero-order valence-electron chi connectivity index (χ0n) is 19.5. The Morgan fingerprint density at radius 1 is 1.33 bits per heavy atom. The molecule has 1 aliphatic rings. The molecule has 3 heterocycles. The maximum atomic E-state index is 12.9. The van der Waals surface area contributed by atoms with Crippen molar-refractivity contribution in [2.45, 2.75) is 58.3 Å². The molecule has 0 spiro atoms. The smallest absolute Gasteiger partial charge is 0.235 e. The molecule has 1 aliphatic heterocycles. The van der Waals surface area contributed by atoms with Crippen molar-refractivity contribution in [1.82, 2.24) is 14.1 Å². The molecule has 1 saturated heterocycles. The first-order valence-corrected chi connectivity index (χ1v) is 12.1. The minimum atomic E-state index is -0.168. The van der Waals surface area contributed by atoms with Crippen LogP contribution >= 0.6 is 11.8 Å². The number of rotatable bonds is 7. The average Bonchev–Trinajstić information content (AvgIpc) is 3.52. The van der Waals surface area contributed by atoms with Crippen LogP contribution in [0.2, 0.25) is 0 Å². The summed E-state index contributed by atoms with van der Waals surface area (Å²) in [5.41, 5.74) is 5.75. The Kier molecular flexibility index (Phi) is 6.91. The van der Waals surface area contributed by atoms with Gasteiger partial charge in [-0.05, 0) is 63.3 Å². The molecule has 1 fully saturated rings. The van der Waals surface area contributed by atoms with Crippen molar-refractivity contribution in [2.24, 2.45) is 0 Å². The summed E-state index contributed by atoms with van der Waals surface area (Å²) in [5, 5.41) is 13.5. The Bertz CT molecular complexity index is 1210. The van der Waals surface area contributed by atoms with Crippen LogP contribution in [0, 0.1) is 39.0 Å². The number of anilines is 1. The fraction of sp³-hybridized carbons (Fsp3) is 0.400. The molecule has 4 rings (SSSR count). The molecule has 1 atom stereocenters. The SMILES string of the molecule is Cc1ccc(C)c(-n2ccnc2SCC(=O)Nc2c(C#N)c(C)c(C)n2C[C@@H]2CCCO2)c1. The number of hydrogen-bond donors (Lipinski definition) is 1. The summed E-state index contributed by atoms with van der Waals surface area (Å²) in [4.78, 5) is 17.4. The van der Waals surface area contributed by atoms with Crippen LogP contribution in [0.1, 0.15) is 40.8 Å². The van der Waals surface area contributed by atoms with E-state index in [-0.39, 0.29) is 17.8 Å². The Morgan fingerprint density at radius 2 is 2.15 bits per heavy atom. The molecule has 7 nitrogen and oxygen atoms in total. The fourth-order valence-electron chi connectivity index (χ4n) is 4.21. The molecule has 2 aromatic heterocycles. The number of ether oxygens (including phenoxy) is 1. The van der Waals surface area contributed by atoms with Crippen LogP contribution in [-0.4, -0.2) is 38.5 Å². The van der Waals surface area contributed by atoms with Gasteiger partial charge in [0.05, 0.1) is 29.7 Å². The topological polar surface area (TPSA) is 84.9 Å². The van der Waals surface area contributed by atoms with Crippen LogP contribution in [0.4, 0.5) is 5.82 Å². The number of carbonyl (C=O) groups is 1. The molecule has 0 unspecified atom stereocenters. The van der Waals surface area contributed by atoms with E-state index in [2.05, 4.69) is 48.4 Å². The van der Waals surface area contributed by atoms with Crippen LogP contribution < -0.4 is 5.32 Å². The summed E-state index contributed by atoms with van der Waals surface area (Å²) in [6.45, 7) is 9.42. The summed E-state index contributed by atoms with van der Waals surface area (Å²) in [6.07, 6.45) is 5.80. The summed E-state index contributed by atoms with van der Waals surface area (Å²) in [6, 6.07) is 8.55. The molecule has 8 heteroatoms. The highest BCUT2D eigenvalue weighted by Gasteiger charge is 2.24. The summed E-state index contributed by atoms with van der Waals surface area (Å²) in [5.74, 6) is 0.584. The van der Waals surface area contributed by atoms with Gasteiger partial charge in [-0.2, -0.15) is 5.26 Å². The van der Waals surface area contributed by atoms with Crippen molar-refractivity contribution >= 4 is 23.5 Å². The molecule has 0 saturated carbocycles. The number of aromatic nitrogens is 3. The van der Waals surface area contributed by atoms with Gasteiger partial charge >= 0.3 is 0 Å². The predicted molar refractivity (Wildman–Crippen MR) is 130 cm³/mol. The van der Waals surface area contributed by atoms with Gasteiger partial charge < -0.3 is 14.6 Å². The second-order valence-electron chi connectivity index (χ2n) is 8.50. The highest BCUT2D eigenvalue weighted by atomic mass is 32.2. The number of carbonyl (C=O) groups excluding carboxylic acids is 1. The lowest BCUT2D eigenvalue weighted by Gasteiger charge is -2.17. The van der Waals surface area contributed by atoms with Crippen molar-refractivity contribution in [1.29, 1.82) is 5.26 Å². The van der Waals surface area contributed by atoms with E-state index < -0.39 is 0 Å². The second-order valence-corrected chi connectivity index (χ2v) is 9.44. The first-order valence-electron chi connectivity index (χ1n) is 11.1. The third-order valence-corrected chi connectivity index (χ3v) is 7.14. The molecule has 172 valence electrons. The number of nitrogens with one attached hydrogen (secondary N) is 1. The lowest BCUT2D eigenvalue weighted by atomic mass is 10.1. The number of benzene rings is 1. The molecule has 0 aliphatic carbocycles. The van der Waals surface area contributed by atoms with E-state index in [0.29, 0.717) is 17.9 Å². The van der Waals surface area contributed by atoms with E-state index in [0.717, 1.165) is 47.1 Å². The Hall–Kier alpha value is -3.02. The molecule has 1 N–H and O–H groups in total. The van der Waals surface area contributed by atoms with Crippen LogP contribution in [0.25, 0.3) is 5.69 Å². The van der Waals surface area contributed by atoms with Gasteiger partial charge in [0, 0.05) is 24.7 Å². The van der Waals surface area contributed by atoms with E-state index in [4.69, 9.17) is 4.74 Å². The number of imidazole rings is 1. The van der Waals surface area contributed by atoms with Gasteiger partial charge in [-0.1, -0.05) is 23.9 Å². The van der Waals surface area contributed by atoms with Gasteiger partial charge in [-0.3, -0.25) is 9.36 Å². The van der Waals surface area contributed by atoms with E-state index >= 15 is 0 Å². The molecule has 0 radical (unpaired) electrons. The largest absolute Gasteiger partial charge is 0.376 e. The highest BCUT2D eigenvalue weighted by Crippen LogP contribution is 2.29. The van der Waals surface area contributed by atoms with Crippen molar-refractivity contribution in [3.8, 4) is 11.8 Å². The van der Waals surface area contributed by atoms with E-state index in [1.807, 2.05) is 29.2 Å². The number of nitrogens with zero attached hydrogens (tertiary/aromatic N) is 4. The van der Waals surface area contributed by atoms with Crippen LogP contribution in [-0.2, 0) is 16.1 Å². The molecule has 1 aromatic carbocycles. The van der Waals surface area contributed by atoms with Crippen molar-refractivity contribution in [3.05, 3.63) is 58.5 Å². The maximum Gasteiger partial charge on any atom is 0.235 e. The van der Waals surface area contributed by atoms with E-state index in [1.165, 1.54) is 17.3 Å². The van der Waals surface area contributed by atoms with Gasteiger partial charge in [-0.25, -0.2) is 4.98 Å². The third-order valence-electron chi connectivity index (χ3n) is 6.17. The average molecular weight is 464 g/mol. The number of amides is 1. The minimum absolute atomic E-state index is 0.108. The predicted octanol–water partition coefficient (Wildman–Crippen LogP) is 4.69. The zero-order valence-corrected chi connectivity index (χ0v) is 20.3. The third kappa shape index (κ3) is 4.85. The summed E-state index contributed by atoms with van der Waals surface area (Å²) in [7, 11) is 0. The van der Waals surface area contributed by atoms with Gasteiger partial charge in [0.15, 0.2) is 5.16 Å². The number of hydrogen-bond acceptors (Lipinski definition) is 5. The van der Waals surface area contributed by atoms with Crippen LogP contribution in [0.5, 0.6) is 0 Å². The number of nitriles is 1. The Labute approximate surface area is 198 Å². The summed E-state index contributed by atoms with van der Waals surface area (Å²) >= 11 is 1.38. The van der Waals surface area contributed by atoms with Crippen LogP contribution in [0.15, 0.2) is 35.7 Å². The zero-order chi connectivity index (χ0) is 23.5. The lowest BCUT2D eigenvalue weighted by Crippen LogP contribution is -2.22. The monoisotopic (exact) mass is 463 g/mol. The first-order chi connectivity index (χ1) is 15.9. The number of aryl methyl sites for hydroxylation is 2. The molecule has 1 amide bonds. The van der Waals surface area contributed by atoms with E-state index in [1.54, 1.807) is 6.20 Å².